The van der Waals surface area contributed by atoms with Crippen LogP contribution < -0.4 is 15.0 Å². The van der Waals surface area contributed by atoms with Gasteiger partial charge in [0.05, 0.1) is 10.6 Å². The summed E-state index contributed by atoms with van der Waals surface area (Å²) in [7, 11) is -3.72. The van der Waals surface area contributed by atoms with Crippen LogP contribution in [0.3, 0.4) is 0 Å². The Hall–Kier alpha value is -2.19. The van der Waals surface area contributed by atoms with Gasteiger partial charge in [-0.15, -0.1) is 0 Å². The van der Waals surface area contributed by atoms with E-state index in [9.17, 15) is 13.2 Å². The fourth-order valence-corrected chi connectivity index (χ4v) is 3.75. The Morgan fingerprint density at radius 3 is 2.88 bits per heavy atom. The monoisotopic (exact) mass is 349 g/mol. The van der Waals surface area contributed by atoms with Gasteiger partial charge in [-0.05, 0) is 50.1 Å². The first kappa shape index (κ1) is 16.7. The SMILES string of the molecule is Cc1n[nH]c(=O)c(CNS(=O)(=O)c2ccc3c(c2)C[C@H](C)O3)c1C. The average Bonchev–Trinajstić information content (AvgIpc) is 2.90. The molecule has 1 aromatic heterocycles. The summed E-state index contributed by atoms with van der Waals surface area (Å²) in [4.78, 5) is 12.0. The lowest BCUT2D eigenvalue weighted by atomic mass is 10.1. The van der Waals surface area contributed by atoms with Crippen molar-refractivity contribution in [1.29, 1.82) is 0 Å². The molecule has 1 aliphatic heterocycles. The first-order valence-corrected chi connectivity index (χ1v) is 9.10. The molecule has 0 fully saturated rings. The molecule has 0 aliphatic carbocycles. The van der Waals surface area contributed by atoms with Crippen LogP contribution >= 0.6 is 0 Å². The molecule has 1 atom stereocenters. The van der Waals surface area contributed by atoms with Gasteiger partial charge in [0.1, 0.15) is 11.9 Å². The van der Waals surface area contributed by atoms with Crippen LogP contribution in [0.5, 0.6) is 5.75 Å². The third-order valence-corrected chi connectivity index (χ3v) is 5.61. The Kier molecular flexibility index (Phi) is 4.18. The van der Waals surface area contributed by atoms with Crippen molar-refractivity contribution in [2.75, 3.05) is 0 Å². The number of H-pyrrole nitrogens is 1. The lowest BCUT2D eigenvalue weighted by Crippen LogP contribution is -2.28. The van der Waals surface area contributed by atoms with Crippen molar-refractivity contribution < 1.29 is 13.2 Å². The maximum atomic E-state index is 12.5. The minimum absolute atomic E-state index is 0.0481. The summed E-state index contributed by atoms with van der Waals surface area (Å²) in [5.41, 5.74) is 2.19. The number of nitrogens with zero attached hydrogens (tertiary/aromatic N) is 1. The lowest BCUT2D eigenvalue weighted by molar-refractivity contribution is 0.254. The van der Waals surface area contributed by atoms with Gasteiger partial charge in [0.15, 0.2) is 0 Å². The molecule has 0 unspecified atom stereocenters. The van der Waals surface area contributed by atoms with E-state index in [1.165, 1.54) is 6.07 Å². The zero-order valence-corrected chi connectivity index (χ0v) is 14.5. The smallest absolute Gasteiger partial charge is 0.268 e. The molecule has 24 heavy (non-hydrogen) atoms. The molecular formula is C16H19N3O4S. The zero-order chi connectivity index (χ0) is 17.5. The summed E-state index contributed by atoms with van der Waals surface area (Å²) in [5.74, 6) is 0.721. The summed E-state index contributed by atoms with van der Waals surface area (Å²) in [6, 6.07) is 4.80. The number of nitrogens with one attached hydrogen (secondary N) is 2. The Bertz CT molecular complexity index is 950. The second-order valence-electron chi connectivity index (χ2n) is 5.97. The molecule has 8 heteroatoms. The van der Waals surface area contributed by atoms with Gasteiger partial charge in [0, 0.05) is 18.5 Å². The number of rotatable bonds is 4. The summed E-state index contributed by atoms with van der Waals surface area (Å²) < 4.78 is 33.1. The molecule has 128 valence electrons. The Morgan fingerprint density at radius 1 is 1.38 bits per heavy atom. The largest absolute Gasteiger partial charge is 0.490 e. The van der Waals surface area contributed by atoms with Gasteiger partial charge >= 0.3 is 0 Å². The molecule has 2 N–H and O–H groups in total. The Morgan fingerprint density at radius 2 is 2.12 bits per heavy atom. The molecule has 7 nitrogen and oxygen atoms in total. The molecule has 0 radical (unpaired) electrons. The van der Waals surface area contributed by atoms with Crippen molar-refractivity contribution in [2.45, 2.75) is 44.7 Å². The molecule has 0 amide bonds. The zero-order valence-electron chi connectivity index (χ0n) is 13.7. The quantitative estimate of drug-likeness (QED) is 0.863. The van der Waals surface area contributed by atoms with E-state index in [1.54, 1.807) is 26.0 Å². The predicted octanol–water partition coefficient (Wildman–Crippen LogP) is 1.19. The van der Waals surface area contributed by atoms with E-state index in [0.29, 0.717) is 23.2 Å². The third kappa shape index (κ3) is 3.07. The fourth-order valence-electron chi connectivity index (χ4n) is 2.70. The van der Waals surface area contributed by atoms with Gasteiger partial charge in [0.25, 0.3) is 5.56 Å². The average molecular weight is 349 g/mol. The highest BCUT2D eigenvalue weighted by atomic mass is 32.2. The van der Waals surface area contributed by atoms with Crippen LogP contribution in [-0.4, -0.2) is 24.7 Å². The van der Waals surface area contributed by atoms with Gasteiger partial charge in [-0.2, -0.15) is 5.10 Å². The number of hydrogen-bond acceptors (Lipinski definition) is 5. The van der Waals surface area contributed by atoms with Crippen LogP contribution in [0, 0.1) is 13.8 Å². The standard InChI is InChI=1S/C16H19N3O4S/c1-9-6-12-7-13(4-5-15(12)23-9)24(21,22)17-8-14-10(2)11(3)18-19-16(14)20/h4-5,7,9,17H,6,8H2,1-3H3,(H,19,20)/t9-/m0/s1. The van der Waals surface area contributed by atoms with Crippen LogP contribution in [0.1, 0.15) is 29.3 Å². The number of aryl methyl sites for hydroxylation is 1. The highest BCUT2D eigenvalue weighted by molar-refractivity contribution is 7.89. The molecule has 0 bridgehead atoms. The van der Waals surface area contributed by atoms with E-state index in [4.69, 9.17) is 4.74 Å². The number of hydrogen-bond donors (Lipinski definition) is 2. The molecule has 2 aromatic rings. The second-order valence-corrected chi connectivity index (χ2v) is 7.74. The highest BCUT2D eigenvalue weighted by Crippen LogP contribution is 2.30. The maximum Gasteiger partial charge on any atom is 0.268 e. The molecule has 0 spiro atoms. The lowest BCUT2D eigenvalue weighted by Gasteiger charge is -2.10. The van der Waals surface area contributed by atoms with E-state index >= 15 is 0 Å². The third-order valence-electron chi connectivity index (χ3n) is 4.21. The second kappa shape index (κ2) is 6.03. The minimum atomic E-state index is -3.72. The predicted molar refractivity (Wildman–Crippen MR) is 88.6 cm³/mol. The topological polar surface area (TPSA) is 101 Å². The Labute approximate surface area is 140 Å². The van der Waals surface area contributed by atoms with Crippen molar-refractivity contribution in [3.05, 3.63) is 50.9 Å². The van der Waals surface area contributed by atoms with Crippen LogP contribution in [0.25, 0.3) is 0 Å². The van der Waals surface area contributed by atoms with Crippen molar-refractivity contribution >= 4 is 10.0 Å². The maximum absolute atomic E-state index is 12.5. The summed E-state index contributed by atoms with van der Waals surface area (Å²) in [6.45, 7) is 5.35. The van der Waals surface area contributed by atoms with E-state index in [1.807, 2.05) is 6.92 Å². The first-order valence-electron chi connectivity index (χ1n) is 7.62. The van der Waals surface area contributed by atoms with Gasteiger partial charge < -0.3 is 4.74 Å². The summed E-state index contributed by atoms with van der Waals surface area (Å²) in [5, 5.41) is 6.23. The van der Waals surface area contributed by atoms with Crippen LogP contribution in [0.4, 0.5) is 0 Å². The minimum Gasteiger partial charge on any atom is -0.490 e. The summed E-state index contributed by atoms with van der Waals surface area (Å²) in [6.07, 6.45) is 0.730. The number of aromatic nitrogens is 2. The number of benzene rings is 1. The van der Waals surface area contributed by atoms with Crippen molar-refractivity contribution in [3.63, 3.8) is 0 Å². The van der Waals surface area contributed by atoms with Gasteiger partial charge in [0.2, 0.25) is 10.0 Å². The van der Waals surface area contributed by atoms with Gasteiger partial charge in [-0.1, -0.05) is 0 Å². The molecule has 3 rings (SSSR count). The fraction of sp³-hybridized carbons (Fsp3) is 0.375. The molecule has 2 heterocycles. The van der Waals surface area contributed by atoms with Crippen LogP contribution in [0.2, 0.25) is 0 Å². The van der Waals surface area contributed by atoms with Gasteiger partial charge in [-0.3, -0.25) is 4.79 Å². The van der Waals surface area contributed by atoms with Crippen molar-refractivity contribution in [1.82, 2.24) is 14.9 Å². The highest BCUT2D eigenvalue weighted by Gasteiger charge is 2.23. The number of fused-ring (bicyclic) bond motifs is 1. The Balaban J connectivity index is 1.85. The molecule has 1 aromatic carbocycles. The van der Waals surface area contributed by atoms with Crippen LogP contribution in [-0.2, 0) is 23.0 Å². The van der Waals surface area contributed by atoms with E-state index in [-0.39, 0.29) is 17.5 Å². The first-order chi connectivity index (χ1) is 11.3. The normalized spacial score (nSPS) is 16.7. The van der Waals surface area contributed by atoms with E-state index in [2.05, 4.69) is 14.9 Å². The summed E-state index contributed by atoms with van der Waals surface area (Å²) >= 11 is 0. The van der Waals surface area contributed by atoms with E-state index < -0.39 is 15.6 Å². The molecule has 0 saturated carbocycles. The number of sulfonamides is 1. The molecule has 1 aliphatic rings. The van der Waals surface area contributed by atoms with Crippen molar-refractivity contribution in [2.24, 2.45) is 0 Å². The van der Waals surface area contributed by atoms with E-state index in [0.717, 1.165) is 11.3 Å². The van der Waals surface area contributed by atoms with Gasteiger partial charge in [-0.25, -0.2) is 18.2 Å². The number of aromatic amines is 1. The number of ether oxygens (including phenoxy) is 1. The van der Waals surface area contributed by atoms with Crippen molar-refractivity contribution in [3.8, 4) is 5.75 Å². The van der Waals surface area contributed by atoms with Crippen LogP contribution in [0.15, 0.2) is 27.9 Å². The molecule has 0 saturated heterocycles. The molecular weight excluding hydrogens is 330 g/mol.